The first-order valence-electron chi connectivity index (χ1n) is 14.0. The van der Waals surface area contributed by atoms with Gasteiger partial charge < -0.3 is 4.43 Å². The summed E-state index contributed by atoms with van der Waals surface area (Å²) >= 11 is 0. The average molecular weight is 491 g/mol. The summed E-state index contributed by atoms with van der Waals surface area (Å²) in [4.78, 5) is 13.1. The third-order valence-electron chi connectivity index (χ3n) is 11.2. The largest absolute Gasteiger partial charge is 0.543 e. The fourth-order valence-electron chi connectivity index (χ4n) is 7.95. The first kappa shape index (κ1) is 25.1. The second-order valence-corrected chi connectivity index (χ2v) is 19.0. The van der Waals surface area contributed by atoms with Crippen molar-refractivity contribution in [1.82, 2.24) is 0 Å². The van der Waals surface area contributed by atoms with Crippen molar-refractivity contribution in [2.45, 2.75) is 104 Å². The highest BCUT2D eigenvalue weighted by Gasteiger charge is 2.58. The lowest BCUT2D eigenvalue weighted by Gasteiger charge is -2.57. The predicted octanol–water partition coefficient (Wildman–Crippen LogP) is 8.77. The minimum atomic E-state index is -2.02. The van der Waals surface area contributed by atoms with Gasteiger partial charge in [-0.2, -0.15) is 0 Å². The van der Waals surface area contributed by atoms with E-state index in [9.17, 15) is 4.79 Å². The minimum Gasteiger partial charge on any atom is -0.543 e. The lowest BCUT2D eigenvalue weighted by Crippen LogP contribution is -2.50. The van der Waals surface area contributed by atoms with Crippen LogP contribution in [0.3, 0.4) is 0 Å². The average Bonchev–Trinajstić information content (AvgIpc) is 3.15. The molecule has 0 spiro atoms. The molecule has 1 aromatic carbocycles. The number of aryl methyl sites for hydroxylation is 1. The summed E-state index contributed by atoms with van der Waals surface area (Å²) in [6, 6.07) is 6.76. The Kier molecular flexibility index (Phi) is 5.87. The molecule has 0 N–H and O–H groups in total. The van der Waals surface area contributed by atoms with Crippen LogP contribution in [0.2, 0.25) is 18.1 Å². The van der Waals surface area contributed by atoms with Gasteiger partial charge in [0.2, 0.25) is 8.32 Å². The van der Waals surface area contributed by atoms with Crippen molar-refractivity contribution in [3.8, 4) is 5.75 Å². The molecule has 2 saturated carbocycles. The quantitative estimate of drug-likeness (QED) is 0.396. The molecule has 0 radical (unpaired) electrons. The standard InChI is InChI=1S/C32H46O2Si/c1-21-11-13-25(29(18-21)34-35(7,8)30(2,3)4)28-20-23(33)19-22-12-14-24-26-10-9-16-31(26,5)17-15-27(24)32(22,28)6/h11-14,18-19,24,26-28H,9-10,15-17,20H2,1-8H3/t24-,26-,27-,28?,31-,32-/m0/s1. The first-order chi connectivity index (χ1) is 16.3. The zero-order chi connectivity index (χ0) is 25.4. The molecule has 4 aliphatic rings. The number of benzene rings is 1. The molecule has 5 rings (SSSR count). The van der Waals surface area contributed by atoms with Gasteiger partial charge in [-0.1, -0.05) is 65.3 Å². The van der Waals surface area contributed by atoms with E-state index in [0.717, 1.165) is 11.7 Å². The molecule has 2 fully saturated rings. The van der Waals surface area contributed by atoms with Crippen LogP contribution in [0, 0.1) is 35.5 Å². The molecular formula is C32H46O2Si. The van der Waals surface area contributed by atoms with Crippen LogP contribution in [0.5, 0.6) is 5.75 Å². The first-order valence-corrected chi connectivity index (χ1v) is 16.9. The minimum absolute atomic E-state index is 0.0297. The number of rotatable bonds is 3. The van der Waals surface area contributed by atoms with E-state index in [1.807, 2.05) is 6.08 Å². The van der Waals surface area contributed by atoms with Gasteiger partial charge in [-0.25, -0.2) is 0 Å². The molecule has 1 unspecified atom stereocenters. The Labute approximate surface area is 214 Å². The molecule has 0 saturated heterocycles. The van der Waals surface area contributed by atoms with Crippen molar-refractivity contribution in [3.63, 3.8) is 0 Å². The molecule has 1 aromatic rings. The number of carbonyl (C=O) groups is 1. The number of hydrogen-bond donors (Lipinski definition) is 0. The van der Waals surface area contributed by atoms with E-state index in [4.69, 9.17) is 4.43 Å². The van der Waals surface area contributed by atoms with Gasteiger partial charge in [0.05, 0.1) is 0 Å². The van der Waals surface area contributed by atoms with Crippen LogP contribution in [0.25, 0.3) is 0 Å². The van der Waals surface area contributed by atoms with Crippen molar-refractivity contribution < 1.29 is 9.22 Å². The van der Waals surface area contributed by atoms with E-state index in [2.05, 4.69) is 85.0 Å². The zero-order valence-electron chi connectivity index (χ0n) is 23.3. The Hall–Kier alpha value is -1.61. The van der Waals surface area contributed by atoms with Crippen LogP contribution < -0.4 is 4.43 Å². The van der Waals surface area contributed by atoms with Crippen molar-refractivity contribution >= 4 is 14.1 Å². The Bertz CT molecular complexity index is 1090. The summed E-state index contributed by atoms with van der Waals surface area (Å²) in [6.07, 6.45) is 14.2. The van der Waals surface area contributed by atoms with E-state index in [0.29, 0.717) is 23.7 Å². The normalized spacial score (nSPS) is 36.8. The van der Waals surface area contributed by atoms with Gasteiger partial charge in [0.1, 0.15) is 5.75 Å². The van der Waals surface area contributed by atoms with Crippen molar-refractivity contribution in [1.29, 1.82) is 0 Å². The summed E-state index contributed by atoms with van der Waals surface area (Å²) in [7, 11) is -2.02. The topological polar surface area (TPSA) is 26.3 Å². The van der Waals surface area contributed by atoms with E-state index in [1.54, 1.807) is 0 Å². The van der Waals surface area contributed by atoms with Crippen LogP contribution in [0.4, 0.5) is 0 Å². The Morgan fingerprint density at radius 3 is 2.51 bits per heavy atom. The van der Waals surface area contributed by atoms with Crippen LogP contribution in [0.15, 0.2) is 42.0 Å². The van der Waals surface area contributed by atoms with Gasteiger partial charge in [0.25, 0.3) is 0 Å². The van der Waals surface area contributed by atoms with Gasteiger partial charge in [-0.05, 0) is 103 Å². The Balaban J connectivity index is 1.61. The number of fused-ring (bicyclic) bond motifs is 5. The van der Waals surface area contributed by atoms with Crippen LogP contribution in [-0.2, 0) is 4.79 Å². The second kappa shape index (κ2) is 8.20. The SMILES string of the molecule is Cc1ccc(C2CC(=O)C=C3C=C[C@H]4[C@@H]5CCC[C@@]5(C)CC[C@@H]4[C@]32C)c(O[Si](C)(C)C(C)(C)C)c1. The summed E-state index contributed by atoms with van der Waals surface area (Å²) in [5.74, 6) is 3.48. The molecule has 2 nitrogen and oxygen atoms in total. The van der Waals surface area contributed by atoms with E-state index >= 15 is 0 Å². The molecule has 0 aliphatic heterocycles. The fourth-order valence-corrected chi connectivity index (χ4v) is 8.98. The molecule has 3 heteroatoms. The van der Waals surface area contributed by atoms with E-state index in [-0.39, 0.29) is 22.2 Å². The molecule has 0 heterocycles. The van der Waals surface area contributed by atoms with Gasteiger partial charge in [-0.3, -0.25) is 4.79 Å². The lowest BCUT2D eigenvalue weighted by atomic mass is 9.46. The molecule has 6 atom stereocenters. The van der Waals surface area contributed by atoms with Gasteiger partial charge in [0.15, 0.2) is 5.78 Å². The molecular weight excluding hydrogens is 444 g/mol. The molecule has 0 bridgehead atoms. The van der Waals surface area contributed by atoms with Gasteiger partial charge in [-0.15, -0.1) is 0 Å². The van der Waals surface area contributed by atoms with Crippen LogP contribution in [0.1, 0.15) is 90.2 Å². The highest BCUT2D eigenvalue weighted by atomic mass is 28.4. The molecule has 0 amide bonds. The maximum atomic E-state index is 13.1. The van der Waals surface area contributed by atoms with Crippen molar-refractivity contribution in [2.24, 2.45) is 28.6 Å². The van der Waals surface area contributed by atoms with E-state index in [1.165, 1.54) is 48.8 Å². The fraction of sp³-hybridized carbons (Fsp3) is 0.656. The third kappa shape index (κ3) is 3.92. The highest BCUT2D eigenvalue weighted by molar-refractivity contribution is 6.74. The van der Waals surface area contributed by atoms with E-state index < -0.39 is 8.32 Å². The van der Waals surface area contributed by atoms with Gasteiger partial charge in [0, 0.05) is 17.8 Å². The maximum Gasteiger partial charge on any atom is 0.250 e. The highest BCUT2D eigenvalue weighted by Crippen LogP contribution is 2.66. The lowest BCUT2D eigenvalue weighted by molar-refractivity contribution is -0.117. The zero-order valence-corrected chi connectivity index (χ0v) is 24.3. The van der Waals surface area contributed by atoms with Crippen LogP contribution in [-0.4, -0.2) is 14.1 Å². The monoisotopic (exact) mass is 490 g/mol. The summed E-state index contributed by atoms with van der Waals surface area (Å²) in [5, 5.41) is 0.125. The predicted molar refractivity (Wildman–Crippen MR) is 148 cm³/mol. The summed E-state index contributed by atoms with van der Waals surface area (Å²) < 4.78 is 7.00. The number of ketones is 1. The number of allylic oxidation sites excluding steroid dienone is 4. The molecule has 0 aromatic heterocycles. The van der Waals surface area contributed by atoms with Gasteiger partial charge >= 0.3 is 0 Å². The molecule has 190 valence electrons. The summed E-state index contributed by atoms with van der Waals surface area (Å²) in [5.41, 5.74) is 4.23. The third-order valence-corrected chi connectivity index (χ3v) is 15.5. The summed E-state index contributed by atoms with van der Waals surface area (Å²) in [6.45, 7) is 18.8. The van der Waals surface area contributed by atoms with Crippen molar-refractivity contribution in [2.75, 3.05) is 0 Å². The van der Waals surface area contributed by atoms with Crippen molar-refractivity contribution in [3.05, 3.63) is 53.1 Å². The number of carbonyl (C=O) groups excluding carboxylic acids is 1. The maximum absolute atomic E-state index is 13.1. The molecule has 4 aliphatic carbocycles. The Morgan fingerprint density at radius 1 is 1.06 bits per heavy atom. The number of hydrogen-bond acceptors (Lipinski definition) is 2. The molecule has 35 heavy (non-hydrogen) atoms. The Morgan fingerprint density at radius 2 is 1.80 bits per heavy atom. The van der Waals surface area contributed by atoms with Crippen LogP contribution >= 0.6 is 0 Å². The second-order valence-electron chi connectivity index (χ2n) is 14.2. The smallest absolute Gasteiger partial charge is 0.250 e.